The predicted octanol–water partition coefficient (Wildman–Crippen LogP) is 4.60. The van der Waals surface area contributed by atoms with E-state index in [1.807, 2.05) is 0 Å². The summed E-state index contributed by atoms with van der Waals surface area (Å²) >= 11 is 0. The van der Waals surface area contributed by atoms with Crippen LogP contribution >= 0.6 is 0 Å². The van der Waals surface area contributed by atoms with E-state index in [-0.39, 0.29) is 12.2 Å². The Morgan fingerprint density at radius 1 is 1.18 bits per heavy atom. The molecule has 1 N–H and O–H groups in total. The molecule has 0 radical (unpaired) electrons. The number of aliphatic hydroxyl groups is 1. The number of benzene rings is 1. The fourth-order valence-corrected chi connectivity index (χ4v) is 3.82. The standard InChI is InChI=1S/C20H32O2/c1-4-19(2,3)18-10-12-20(13-11-18,22-15-14-21)16-17-8-6-5-7-9-17/h5-9,18,21H,4,10-16H2,1-3H3. The number of hydrogen-bond acceptors (Lipinski definition) is 2. The van der Waals surface area contributed by atoms with Gasteiger partial charge in [-0.1, -0.05) is 57.5 Å². The van der Waals surface area contributed by atoms with Gasteiger partial charge in [0, 0.05) is 6.42 Å². The molecule has 0 atom stereocenters. The summed E-state index contributed by atoms with van der Waals surface area (Å²) in [5.74, 6) is 0.791. The van der Waals surface area contributed by atoms with Gasteiger partial charge < -0.3 is 9.84 Å². The Bertz CT molecular complexity index is 430. The Morgan fingerprint density at radius 3 is 2.36 bits per heavy atom. The smallest absolute Gasteiger partial charge is 0.0724 e. The van der Waals surface area contributed by atoms with Crippen LogP contribution < -0.4 is 0 Å². The van der Waals surface area contributed by atoms with Crippen molar-refractivity contribution < 1.29 is 9.84 Å². The first-order valence-corrected chi connectivity index (χ1v) is 8.80. The average molecular weight is 304 g/mol. The molecule has 0 amide bonds. The van der Waals surface area contributed by atoms with Crippen LogP contribution in [0.2, 0.25) is 0 Å². The predicted molar refractivity (Wildman–Crippen MR) is 91.9 cm³/mol. The van der Waals surface area contributed by atoms with Crippen LogP contribution in [0.5, 0.6) is 0 Å². The maximum Gasteiger partial charge on any atom is 0.0724 e. The molecular weight excluding hydrogens is 272 g/mol. The number of aliphatic hydroxyl groups excluding tert-OH is 1. The van der Waals surface area contributed by atoms with E-state index >= 15 is 0 Å². The Labute approximate surface area is 135 Å². The van der Waals surface area contributed by atoms with Gasteiger partial charge >= 0.3 is 0 Å². The summed E-state index contributed by atoms with van der Waals surface area (Å²) in [5, 5.41) is 9.17. The molecule has 0 aliphatic heterocycles. The average Bonchev–Trinajstić information content (AvgIpc) is 2.54. The van der Waals surface area contributed by atoms with E-state index in [0.717, 1.165) is 25.2 Å². The van der Waals surface area contributed by atoms with Gasteiger partial charge in [0.2, 0.25) is 0 Å². The van der Waals surface area contributed by atoms with Crippen molar-refractivity contribution in [3.63, 3.8) is 0 Å². The first-order valence-electron chi connectivity index (χ1n) is 8.80. The molecule has 2 heteroatoms. The maximum atomic E-state index is 9.17. The Kier molecular flexibility index (Phi) is 6.05. The second-order valence-electron chi connectivity index (χ2n) is 7.53. The summed E-state index contributed by atoms with van der Waals surface area (Å²) < 4.78 is 6.17. The zero-order valence-corrected chi connectivity index (χ0v) is 14.5. The molecule has 1 saturated carbocycles. The first-order chi connectivity index (χ1) is 10.5. The Hall–Kier alpha value is -0.860. The van der Waals surface area contributed by atoms with Gasteiger partial charge in [-0.25, -0.2) is 0 Å². The van der Waals surface area contributed by atoms with E-state index in [2.05, 4.69) is 51.1 Å². The lowest BCUT2D eigenvalue weighted by Gasteiger charge is -2.45. The largest absolute Gasteiger partial charge is 0.394 e. The summed E-state index contributed by atoms with van der Waals surface area (Å²) in [6.07, 6.45) is 6.89. The molecular formula is C20H32O2. The molecule has 0 aromatic heterocycles. The van der Waals surface area contributed by atoms with E-state index in [1.165, 1.54) is 24.8 Å². The van der Waals surface area contributed by atoms with Gasteiger partial charge in [0.25, 0.3) is 0 Å². The molecule has 1 aromatic carbocycles. The molecule has 1 aliphatic carbocycles. The van der Waals surface area contributed by atoms with Crippen LogP contribution in [0.1, 0.15) is 58.4 Å². The fraction of sp³-hybridized carbons (Fsp3) is 0.700. The monoisotopic (exact) mass is 304 g/mol. The van der Waals surface area contributed by atoms with Gasteiger partial charge in [0.15, 0.2) is 0 Å². The highest BCUT2D eigenvalue weighted by molar-refractivity contribution is 5.17. The number of rotatable bonds is 7. The lowest BCUT2D eigenvalue weighted by Crippen LogP contribution is -2.42. The van der Waals surface area contributed by atoms with E-state index in [0.29, 0.717) is 12.0 Å². The van der Waals surface area contributed by atoms with Gasteiger partial charge in [-0.15, -0.1) is 0 Å². The van der Waals surface area contributed by atoms with Crippen LogP contribution in [-0.2, 0) is 11.2 Å². The highest BCUT2D eigenvalue weighted by atomic mass is 16.5. The Morgan fingerprint density at radius 2 is 1.82 bits per heavy atom. The molecule has 2 rings (SSSR count). The van der Waals surface area contributed by atoms with Crippen LogP contribution in [0.4, 0.5) is 0 Å². The van der Waals surface area contributed by atoms with Crippen LogP contribution in [0.3, 0.4) is 0 Å². The normalized spacial score (nSPS) is 26.1. The zero-order chi connectivity index (χ0) is 16.1. The van der Waals surface area contributed by atoms with Crippen molar-refractivity contribution in [1.29, 1.82) is 0 Å². The molecule has 0 heterocycles. The van der Waals surface area contributed by atoms with Crippen molar-refractivity contribution in [2.24, 2.45) is 11.3 Å². The Balaban J connectivity index is 2.05. The first kappa shape index (κ1) is 17.5. The van der Waals surface area contributed by atoms with Crippen molar-refractivity contribution in [3.05, 3.63) is 35.9 Å². The third kappa shape index (κ3) is 4.33. The summed E-state index contributed by atoms with van der Waals surface area (Å²) in [6.45, 7) is 7.66. The van der Waals surface area contributed by atoms with Crippen molar-refractivity contribution in [2.45, 2.75) is 64.9 Å². The third-order valence-corrected chi connectivity index (χ3v) is 5.78. The van der Waals surface area contributed by atoms with Crippen LogP contribution in [0.25, 0.3) is 0 Å². The highest BCUT2D eigenvalue weighted by Gasteiger charge is 2.40. The topological polar surface area (TPSA) is 29.5 Å². The minimum atomic E-state index is -0.0790. The van der Waals surface area contributed by atoms with Crippen molar-refractivity contribution >= 4 is 0 Å². The van der Waals surface area contributed by atoms with Gasteiger partial charge in [0.1, 0.15) is 0 Å². The summed E-state index contributed by atoms with van der Waals surface area (Å²) in [6, 6.07) is 10.6. The quantitative estimate of drug-likeness (QED) is 0.797. The lowest BCUT2D eigenvalue weighted by atomic mass is 9.65. The second kappa shape index (κ2) is 7.61. The molecule has 0 bridgehead atoms. The van der Waals surface area contributed by atoms with E-state index in [4.69, 9.17) is 4.74 Å². The molecule has 0 spiro atoms. The summed E-state index contributed by atoms with van der Waals surface area (Å²) in [7, 11) is 0. The van der Waals surface area contributed by atoms with Crippen molar-refractivity contribution in [2.75, 3.05) is 13.2 Å². The van der Waals surface area contributed by atoms with Gasteiger partial charge in [0.05, 0.1) is 18.8 Å². The lowest BCUT2D eigenvalue weighted by molar-refractivity contribution is -0.0955. The minimum absolute atomic E-state index is 0.0790. The summed E-state index contributed by atoms with van der Waals surface area (Å²) in [4.78, 5) is 0. The fourth-order valence-electron chi connectivity index (χ4n) is 3.82. The molecule has 124 valence electrons. The molecule has 1 aromatic rings. The van der Waals surface area contributed by atoms with E-state index in [1.54, 1.807) is 0 Å². The van der Waals surface area contributed by atoms with Crippen LogP contribution in [-0.4, -0.2) is 23.9 Å². The zero-order valence-electron chi connectivity index (χ0n) is 14.5. The molecule has 0 unspecified atom stereocenters. The molecule has 22 heavy (non-hydrogen) atoms. The van der Waals surface area contributed by atoms with Gasteiger partial charge in [-0.2, -0.15) is 0 Å². The highest BCUT2D eigenvalue weighted by Crippen LogP contribution is 2.45. The summed E-state index contributed by atoms with van der Waals surface area (Å²) in [5.41, 5.74) is 1.69. The molecule has 0 saturated heterocycles. The number of hydrogen-bond donors (Lipinski definition) is 1. The van der Waals surface area contributed by atoms with Crippen LogP contribution in [0, 0.1) is 11.3 Å². The minimum Gasteiger partial charge on any atom is -0.394 e. The number of ether oxygens (including phenoxy) is 1. The molecule has 2 nitrogen and oxygen atoms in total. The third-order valence-electron chi connectivity index (χ3n) is 5.78. The van der Waals surface area contributed by atoms with E-state index < -0.39 is 0 Å². The molecule has 1 fully saturated rings. The second-order valence-corrected chi connectivity index (χ2v) is 7.53. The van der Waals surface area contributed by atoms with E-state index in [9.17, 15) is 5.11 Å². The maximum absolute atomic E-state index is 9.17. The van der Waals surface area contributed by atoms with Crippen LogP contribution in [0.15, 0.2) is 30.3 Å². The van der Waals surface area contributed by atoms with Crippen molar-refractivity contribution in [1.82, 2.24) is 0 Å². The SMILES string of the molecule is CCC(C)(C)C1CCC(Cc2ccccc2)(OCCO)CC1. The van der Waals surface area contributed by atoms with Gasteiger partial charge in [-0.05, 0) is 42.6 Å². The molecule has 1 aliphatic rings. The van der Waals surface area contributed by atoms with Crippen molar-refractivity contribution in [3.8, 4) is 0 Å². The van der Waals surface area contributed by atoms with Gasteiger partial charge in [-0.3, -0.25) is 0 Å².